The van der Waals surface area contributed by atoms with Gasteiger partial charge in [0.2, 0.25) is 0 Å². The highest BCUT2D eigenvalue weighted by molar-refractivity contribution is 5.95. The predicted molar refractivity (Wildman–Crippen MR) is 97.7 cm³/mol. The molecule has 1 aliphatic rings. The third kappa shape index (κ3) is 2.97. The van der Waals surface area contributed by atoms with Crippen molar-refractivity contribution in [3.63, 3.8) is 0 Å². The Labute approximate surface area is 154 Å². The van der Waals surface area contributed by atoms with Gasteiger partial charge in [-0.1, -0.05) is 6.07 Å². The van der Waals surface area contributed by atoms with Crippen LogP contribution < -0.4 is 10.9 Å². The average Bonchev–Trinajstić information content (AvgIpc) is 3.23. The Bertz CT molecular complexity index is 1110. The molecule has 27 heavy (non-hydrogen) atoms. The number of amides is 3. The number of imide groups is 1. The lowest BCUT2D eigenvalue weighted by Gasteiger charge is -2.13. The maximum atomic E-state index is 12.7. The first-order valence-electron chi connectivity index (χ1n) is 8.54. The standard InChI is InChI=1S/C18H18N6O3/c1-11-5-12(2)7-13(6-11)24-16-14(8-21-24)17(26)22(10-20-16)9-15(25)23-4-3-19-18(23)27/h5-8,10H,3-4,9H2,1-2H3,(H,19,27). The lowest BCUT2D eigenvalue weighted by atomic mass is 10.1. The van der Waals surface area contributed by atoms with Crippen LogP contribution in [0.4, 0.5) is 4.79 Å². The van der Waals surface area contributed by atoms with E-state index in [1.807, 2.05) is 26.0 Å². The van der Waals surface area contributed by atoms with Crippen molar-refractivity contribution in [2.75, 3.05) is 13.1 Å². The highest BCUT2D eigenvalue weighted by Gasteiger charge is 2.26. The number of hydrogen-bond donors (Lipinski definition) is 1. The Hall–Kier alpha value is -3.49. The van der Waals surface area contributed by atoms with Crippen LogP contribution >= 0.6 is 0 Å². The molecular weight excluding hydrogens is 348 g/mol. The summed E-state index contributed by atoms with van der Waals surface area (Å²) in [5, 5.41) is 7.18. The Kier molecular flexibility index (Phi) is 3.98. The molecule has 0 atom stereocenters. The minimum absolute atomic E-state index is 0.246. The van der Waals surface area contributed by atoms with Crippen molar-refractivity contribution >= 4 is 23.0 Å². The van der Waals surface area contributed by atoms with Crippen molar-refractivity contribution in [1.82, 2.24) is 29.5 Å². The Morgan fingerprint density at radius 2 is 1.93 bits per heavy atom. The van der Waals surface area contributed by atoms with Gasteiger partial charge in [0.1, 0.15) is 18.3 Å². The fourth-order valence-corrected chi connectivity index (χ4v) is 3.26. The monoisotopic (exact) mass is 366 g/mol. The summed E-state index contributed by atoms with van der Waals surface area (Å²) in [4.78, 5) is 42.0. The van der Waals surface area contributed by atoms with Gasteiger partial charge >= 0.3 is 6.03 Å². The van der Waals surface area contributed by atoms with Crippen molar-refractivity contribution in [1.29, 1.82) is 0 Å². The summed E-state index contributed by atoms with van der Waals surface area (Å²) in [6.45, 7) is 4.45. The molecule has 0 unspecified atom stereocenters. The van der Waals surface area contributed by atoms with E-state index in [9.17, 15) is 14.4 Å². The van der Waals surface area contributed by atoms with E-state index >= 15 is 0 Å². The Balaban J connectivity index is 1.70. The number of nitrogens with zero attached hydrogens (tertiary/aromatic N) is 5. The zero-order chi connectivity index (χ0) is 19.1. The summed E-state index contributed by atoms with van der Waals surface area (Å²) in [7, 11) is 0. The van der Waals surface area contributed by atoms with Crippen LogP contribution in [0.2, 0.25) is 0 Å². The van der Waals surface area contributed by atoms with E-state index in [0.717, 1.165) is 21.7 Å². The third-order valence-corrected chi connectivity index (χ3v) is 4.47. The molecule has 4 rings (SSSR count). The maximum absolute atomic E-state index is 12.7. The van der Waals surface area contributed by atoms with Gasteiger partial charge in [-0.05, 0) is 37.1 Å². The first-order chi connectivity index (χ1) is 12.9. The van der Waals surface area contributed by atoms with Crippen LogP contribution in [0.1, 0.15) is 11.1 Å². The molecule has 1 aliphatic heterocycles. The molecule has 0 saturated carbocycles. The molecule has 3 heterocycles. The highest BCUT2D eigenvalue weighted by atomic mass is 16.2. The molecule has 1 N–H and O–H groups in total. The number of benzene rings is 1. The minimum atomic E-state index is -0.449. The zero-order valence-electron chi connectivity index (χ0n) is 15.0. The van der Waals surface area contributed by atoms with Gasteiger partial charge in [0.05, 0.1) is 11.9 Å². The van der Waals surface area contributed by atoms with E-state index < -0.39 is 11.9 Å². The van der Waals surface area contributed by atoms with Gasteiger partial charge in [-0.2, -0.15) is 5.10 Å². The molecule has 0 spiro atoms. The molecule has 0 radical (unpaired) electrons. The average molecular weight is 366 g/mol. The second-order valence-electron chi connectivity index (χ2n) is 6.59. The largest absolute Gasteiger partial charge is 0.336 e. The molecule has 0 aliphatic carbocycles. The van der Waals surface area contributed by atoms with E-state index in [0.29, 0.717) is 24.1 Å². The number of carbonyl (C=O) groups is 2. The molecule has 138 valence electrons. The summed E-state index contributed by atoms with van der Waals surface area (Å²) in [6, 6.07) is 5.53. The Morgan fingerprint density at radius 1 is 1.19 bits per heavy atom. The van der Waals surface area contributed by atoms with Gasteiger partial charge in [-0.15, -0.1) is 0 Å². The predicted octanol–water partition coefficient (Wildman–Crippen LogP) is 0.751. The molecule has 1 fully saturated rings. The molecule has 3 aromatic rings. The molecule has 9 heteroatoms. The van der Waals surface area contributed by atoms with E-state index in [4.69, 9.17) is 0 Å². The van der Waals surface area contributed by atoms with Crippen molar-refractivity contribution in [2.24, 2.45) is 0 Å². The van der Waals surface area contributed by atoms with E-state index in [2.05, 4.69) is 21.5 Å². The first kappa shape index (κ1) is 17.0. The smallest absolute Gasteiger partial charge is 0.324 e. The highest BCUT2D eigenvalue weighted by Crippen LogP contribution is 2.17. The lowest BCUT2D eigenvalue weighted by molar-refractivity contribution is -0.128. The molecule has 1 saturated heterocycles. The molecule has 3 amide bonds. The topological polar surface area (TPSA) is 102 Å². The summed E-state index contributed by atoms with van der Waals surface area (Å²) in [5.74, 6) is -0.449. The van der Waals surface area contributed by atoms with Gasteiger partial charge in [-0.3, -0.25) is 19.1 Å². The molecule has 9 nitrogen and oxygen atoms in total. The number of aromatic nitrogens is 4. The number of carbonyl (C=O) groups excluding carboxylic acids is 2. The molecular formula is C18H18N6O3. The summed E-state index contributed by atoms with van der Waals surface area (Å²) in [5.41, 5.74) is 3.03. The third-order valence-electron chi connectivity index (χ3n) is 4.47. The van der Waals surface area contributed by atoms with Crippen LogP contribution in [0.5, 0.6) is 0 Å². The normalized spacial score (nSPS) is 14.0. The van der Waals surface area contributed by atoms with E-state index in [-0.39, 0.29) is 12.1 Å². The number of rotatable bonds is 3. The van der Waals surface area contributed by atoms with Crippen LogP contribution in [-0.2, 0) is 11.3 Å². The van der Waals surface area contributed by atoms with Gasteiger partial charge in [0.15, 0.2) is 5.65 Å². The number of fused-ring (bicyclic) bond motifs is 1. The summed E-state index contributed by atoms with van der Waals surface area (Å²) in [6.07, 6.45) is 2.77. The number of hydrogen-bond acceptors (Lipinski definition) is 5. The molecule has 2 aromatic heterocycles. The van der Waals surface area contributed by atoms with Crippen LogP contribution in [-0.4, -0.2) is 49.3 Å². The second-order valence-corrected chi connectivity index (χ2v) is 6.59. The minimum Gasteiger partial charge on any atom is -0.336 e. The zero-order valence-corrected chi connectivity index (χ0v) is 15.0. The van der Waals surface area contributed by atoms with Gasteiger partial charge in [0.25, 0.3) is 11.5 Å². The maximum Gasteiger partial charge on any atom is 0.324 e. The van der Waals surface area contributed by atoms with Crippen LogP contribution in [0.25, 0.3) is 16.7 Å². The fourth-order valence-electron chi connectivity index (χ4n) is 3.26. The summed E-state index contributed by atoms with van der Waals surface area (Å²) >= 11 is 0. The van der Waals surface area contributed by atoms with Gasteiger partial charge in [-0.25, -0.2) is 14.5 Å². The summed E-state index contributed by atoms with van der Waals surface area (Å²) < 4.78 is 2.81. The van der Waals surface area contributed by atoms with Crippen molar-refractivity contribution in [3.05, 3.63) is 52.2 Å². The van der Waals surface area contributed by atoms with Gasteiger partial charge in [0, 0.05) is 13.1 Å². The number of urea groups is 1. The van der Waals surface area contributed by atoms with Crippen molar-refractivity contribution in [2.45, 2.75) is 20.4 Å². The van der Waals surface area contributed by atoms with E-state index in [1.165, 1.54) is 17.1 Å². The second kappa shape index (κ2) is 6.35. The van der Waals surface area contributed by atoms with Gasteiger partial charge < -0.3 is 5.32 Å². The lowest BCUT2D eigenvalue weighted by Crippen LogP contribution is -2.38. The first-order valence-corrected chi connectivity index (χ1v) is 8.54. The van der Waals surface area contributed by atoms with Crippen molar-refractivity contribution in [3.8, 4) is 5.69 Å². The number of nitrogens with one attached hydrogen (secondary N) is 1. The number of aryl methyl sites for hydroxylation is 2. The molecule has 0 bridgehead atoms. The fraction of sp³-hybridized carbons (Fsp3) is 0.278. The van der Waals surface area contributed by atoms with E-state index in [1.54, 1.807) is 4.68 Å². The Morgan fingerprint density at radius 3 is 2.59 bits per heavy atom. The SMILES string of the molecule is Cc1cc(C)cc(-n2ncc3c(=O)n(CC(=O)N4CCNC4=O)cnc32)c1. The van der Waals surface area contributed by atoms with Crippen LogP contribution in [0.3, 0.4) is 0 Å². The van der Waals surface area contributed by atoms with Crippen LogP contribution in [0, 0.1) is 13.8 Å². The van der Waals surface area contributed by atoms with Crippen LogP contribution in [0.15, 0.2) is 35.5 Å². The molecule has 1 aromatic carbocycles. The quantitative estimate of drug-likeness (QED) is 0.737. The van der Waals surface area contributed by atoms with Crippen molar-refractivity contribution < 1.29 is 9.59 Å².